The van der Waals surface area contributed by atoms with E-state index in [9.17, 15) is 15.0 Å². The van der Waals surface area contributed by atoms with Crippen LogP contribution in [0.25, 0.3) is 6.08 Å². The first-order valence-electron chi connectivity index (χ1n) is 5.92. The number of halogens is 2. The molecule has 0 bridgehead atoms. The molecule has 0 fully saturated rings. The second-order valence-corrected chi connectivity index (χ2v) is 5.18. The van der Waals surface area contributed by atoms with Crippen molar-refractivity contribution >= 4 is 35.1 Å². The van der Waals surface area contributed by atoms with Gasteiger partial charge in [0.05, 0.1) is 15.6 Å². The topological polar surface area (TPSA) is 66.8 Å². The lowest BCUT2D eigenvalue weighted by Crippen LogP contribution is -1.98. The second-order valence-electron chi connectivity index (χ2n) is 4.39. The van der Waals surface area contributed by atoms with Crippen LogP contribution in [0.4, 0.5) is 0 Å². The number of ketones is 1. The number of phenols is 2. The number of ether oxygens (including phenoxy) is 1. The molecule has 0 aliphatic carbocycles. The highest BCUT2D eigenvalue weighted by Crippen LogP contribution is 2.44. The molecule has 106 valence electrons. The molecule has 0 unspecified atom stereocenters. The lowest BCUT2D eigenvalue weighted by molar-refractivity contribution is 0.101. The summed E-state index contributed by atoms with van der Waals surface area (Å²) in [5.74, 6) is -1.30. The van der Waals surface area contributed by atoms with E-state index in [1.165, 1.54) is 18.2 Å². The van der Waals surface area contributed by atoms with Gasteiger partial charge in [-0.15, -0.1) is 0 Å². The van der Waals surface area contributed by atoms with Crippen molar-refractivity contribution in [3.8, 4) is 17.2 Å². The summed E-state index contributed by atoms with van der Waals surface area (Å²) < 4.78 is 5.33. The molecule has 4 nitrogen and oxygen atoms in total. The number of hydrogen-bond donors (Lipinski definition) is 2. The van der Waals surface area contributed by atoms with E-state index < -0.39 is 11.5 Å². The van der Waals surface area contributed by atoms with Gasteiger partial charge in [-0.05, 0) is 29.8 Å². The van der Waals surface area contributed by atoms with Crippen LogP contribution in [0.3, 0.4) is 0 Å². The Morgan fingerprint density at radius 2 is 1.86 bits per heavy atom. The number of rotatable bonds is 1. The molecule has 0 aromatic heterocycles. The van der Waals surface area contributed by atoms with Gasteiger partial charge in [0.1, 0.15) is 0 Å². The van der Waals surface area contributed by atoms with Gasteiger partial charge in [0.15, 0.2) is 17.3 Å². The lowest BCUT2D eigenvalue weighted by Gasteiger charge is -2.03. The maximum absolute atomic E-state index is 12.2. The van der Waals surface area contributed by atoms with Crippen molar-refractivity contribution in [2.45, 2.75) is 0 Å². The van der Waals surface area contributed by atoms with Gasteiger partial charge in [-0.2, -0.15) is 0 Å². The molecule has 0 saturated heterocycles. The first-order valence-corrected chi connectivity index (χ1v) is 6.68. The number of Topliss-reactive ketones (excluding diaryl/α,β-unsaturated/α-hetero) is 1. The van der Waals surface area contributed by atoms with E-state index in [0.29, 0.717) is 15.6 Å². The normalized spacial score (nSPS) is 15.1. The molecule has 1 aliphatic heterocycles. The van der Waals surface area contributed by atoms with Crippen LogP contribution in [0, 0.1) is 0 Å². The van der Waals surface area contributed by atoms with Crippen LogP contribution in [0.15, 0.2) is 36.1 Å². The molecule has 0 radical (unpaired) electrons. The zero-order chi connectivity index (χ0) is 15.1. The third-order valence-electron chi connectivity index (χ3n) is 3.06. The Balaban J connectivity index is 2.07. The van der Waals surface area contributed by atoms with Crippen molar-refractivity contribution in [2.75, 3.05) is 0 Å². The molecule has 0 atom stereocenters. The van der Waals surface area contributed by atoms with Crippen LogP contribution < -0.4 is 4.74 Å². The van der Waals surface area contributed by atoms with Gasteiger partial charge in [0.2, 0.25) is 11.5 Å². The summed E-state index contributed by atoms with van der Waals surface area (Å²) in [6, 6.07) is 7.61. The summed E-state index contributed by atoms with van der Waals surface area (Å²) in [4.78, 5) is 12.2. The largest absolute Gasteiger partial charge is 0.504 e. The SMILES string of the molecule is O=C1/C(=C/c2cccc(Cl)c2Cl)Oc2c1ccc(O)c2O. The van der Waals surface area contributed by atoms with Crippen molar-refractivity contribution in [2.24, 2.45) is 0 Å². The number of aromatic hydroxyl groups is 2. The lowest BCUT2D eigenvalue weighted by atomic mass is 10.1. The van der Waals surface area contributed by atoms with Gasteiger partial charge >= 0.3 is 0 Å². The first-order chi connectivity index (χ1) is 9.99. The Labute approximate surface area is 129 Å². The minimum absolute atomic E-state index is 0.00457. The molecule has 1 heterocycles. The van der Waals surface area contributed by atoms with E-state index in [4.69, 9.17) is 27.9 Å². The monoisotopic (exact) mass is 322 g/mol. The Hall–Kier alpha value is -2.17. The maximum atomic E-state index is 12.2. The number of carbonyl (C=O) groups excluding carboxylic acids is 1. The molecule has 3 rings (SSSR count). The molecule has 1 aliphatic rings. The minimum atomic E-state index is -0.471. The molecule has 2 aromatic rings. The Morgan fingerprint density at radius 3 is 2.62 bits per heavy atom. The van der Waals surface area contributed by atoms with E-state index >= 15 is 0 Å². The number of allylic oxidation sites excluding steroid dienone is 1. The fourth-order valence-corrected chi connectivity index (χ4v) is 2.36. The van der Waals surface area contributed by atoms with Gasteiger partial charge in [-0.25, -0.2) is 0 Å². The summed E-state index contributed by atoms with van der Waals surface area (Å²) in [6.45, 7) is 0. The number of hydrogen-bond acceptors (Lipinski definition) is 4. The molecule has 21 heavy (non-hydrogen) atoms. The minimum Gasteiger partial charge on any atom is -0.504 e. The highest BCUT2D eigenvalue weighted by Gasteiger charge is 2.31. The van der Waals surface area contributed by atoms with Gasteiger partial charge < -0.3 is 14.9 Å². The second kappa shape index (κ2) is 4.98. The van der Waals surface area contributed by atoms with Crippen LogP contribution in [0.5, 0.6) is 17.2 Å². The summed E-state index contributed by atoms with van der Waals surface area (Å²) in [5.41, 5.74) is 0.693. The standard InChI is InChI=1S/C15H8Cl2O4/c16-9-3-1-2-7(12(9)17)6-11-13(19)8-4-5-10(18)14(20)15(8)21-11/h1-6,18,20H/b11-6-. The van der Waals surface area contributed by atoms with Gasteiger partial charge in [-0.3, -0.25) is 4.79 Å². The number of fused-ring (bicyclic) bond motifs is 1. The molecule has 6 heteroatoms. The summed E-state index contributed by atoms with van der Waals surface area (Å²) in [7, 11) is 0. The zero-order valence-corrected chi connectivity index (χ0v) is 11.9. The first kappa shape index (κ1) is 13.8. The molecule has 2 N–H and O–H groups in total. The summed E-state index contributed by atoms with van der Waals surface area (Å²) >= 11 is 12.0. The van der Waals surface area contributed by atoms with Crippen LogP contribution >= 0.6 is 23.2 Å². The van der Waals surface area contributed by atoms with Crippen LogP contribution in [0.2, 0.25) is 10.0 Å². The quantitative estimate of drug-likeness (QED) is 0.614. The van der Waals surface area contributed by atoms with Crippen LogP contribution in [-0.4, -0.2) is 16.0 Å². The van der Waals surface area contributed by atoms with E-state index in [1.54, 1.807) is 18.2 Å². The predicted octanol–water partition coefficient (Wildman–Crippen LogP) is 4.02. The van der Waals surface area contributed by atoms with Gasteiger partial charge in [0.25, 0.3) is 0 Å². The van der Waals surface area contributed by atoms with Crippen molar-refractivity contribution in [1.82, 2.24) is 0 Å². The Kier molecular flexibility index (Phi) is 3.27. The van der Waals surface area contributed by atoms with Gasteiger partial charge in [-0.1, -0.05) is 35.3 Å². The summed E-state index contributed by atoms with van der Waals surface area (Å²) in [5, 5.41) is 19.8. The van der Waals surface area contributed by atoms with Crippen LogP contribution in [0.1, 0.15) is 15.9 Å². The maximum Gasteiger partial charge on any atom is 0.232 e. The Morgan fingerprint density at radius 1 is 1.10 bits per heavy atom. The van der Waals surface area contributed by atoms with Gasteiger partial charge in [0, 0.05) is 0 Å². The number of benzene rings is 2. The molecule has 0 amide bonds. The average Bonchev–Trinajstić information content (AvgIpc) is 2.77. The van der Waals surface area contributed by atoms with Crippen molar-refractivity contribution in [3.05, 3.63) is 57.3 Å². The third kappa shape index (κ3) is 2.22. The molecule has 2 aromatic carbocycles. The van der Waals surface area contributed by atoms with Crippen molar-refractivity contribution in [1.29, 1.82) is 0 Å². The Bertz CT molecular complexity index is 797. The molecule has 0 saturated carbocycles. The smallest absolute Gasteiger partial charge is 0.232 e. The van der Waals surface area contributed by atoms with E-state index in [0.717, 1.165) is 0 Å². The molecule has 0 spiro atoms. The van der Waals surface area contributed by atoms with E-state index in [2.05, 4.69) is 0 Å². The zero-order valence-electron chi connectivity index (χ0n) is 10.4. The molecular weight excluding hydrogens is 315 g/mol. The van der Waals surface area contributed by atoms with E-state index in [1.807, 2.05) is 0 Å². The fourth-order valence-electron chi connectivity index (χ4n) is 2.00. The number of carbonyl (C=O) groups is 1. The summed E-state index contributed by atoms with van der Waals surface area (Å²) in [6.07, 6.45) is 1.44. The van der Waals surface area contributed by atoms with Crippen LogP contribution in [-0.2, 0) is 0 Å². The average molecular weight is 323 g/mol. The molecular formula is C15H8Cl2O4. The number of phenolic OH excluding ortho intramolecular Hbond substituents is 2. The highest BCUT2D eigenvalue weighted by molar-refractivity contribution is 6.43. The third-order valence-corrected chi connectivity index (χ3v) is 3.89. The fraction of sp³-hybridized carbons (Fsp3) is 0. The highest BCUT2D eigenvalue weighted by atomic mass is 35.5. The van der Waals surface area contributed by atoms with Crippen molar-refractivity contribution < 1.29 is 19.7 Å². The predicted molar refractivity (Wildman–Crippen MR) is 79.2 cm³/mol. The van der Waals surface area contributed by atoms with E-state index in [-0.39, 0.29) is 22.8 Å². The van der Waals surface area contributed by atoms with Crippen molar-refractivity contribution in [3.63, 3.8) is 0 Å².